The molecule has 616 valence electrons. The highest BCUT2D eigenvalue weighted by atomic mass is 32.1. The molecule has 0 radical (unpaired) electrons. The van der Waals surface area contributed by atoms with Gasteiger partial charge in [-0.1, -0.05) is 35.5 Å². The molecule has 4 heterocycles. The van der Waals surface area contributed by atoms with E-state index in [9.17, 15) is 92.3 Å². The van der Waals surface area contributed by atoms with Gasteiger partial charge < -0.3 is 122 Å². The zero-order valence-electron chi connectivity index (χ0n) is 61.4. The van der Waals surface area contributed by atoms with Crippen molar-refractivity contribution in [1.29, 1.82) is 5.41 Å². The molecule has 2 aliphatic rings. The van der Waals surface area contributed by atoms with E-state index in [1.54, 1.807) is 24.3 Å². The van der Waals surface area contributed by atoms with Crippen molar-refractivity contribution >= 4 is 137 Å². The van der Waals surface area contributed by atoms with Gasteiger partial charge in [-0.05, 0) is 100 Å². The molecule has 2 aromatic carbocycles. The van der Waals surface area contributed by atoms with Crippen LogP contribution in [-0.4, -0.2) is 262 Å². The van der Waals surface area contributed by atoms with Gasteiger partial charge in [-0.25, -0.2) is 14.3 Å². The number of nitrogens with zero attached hydrogens (tertiary/aromatic N) is 4. The van der Waals surface area contributed by atoms with E-state index < -0.39 is 217 Å². The molecule has 0 saturated carbocycles. The number of carboxylic acid groups (broad SMARTS) is 2. The van der Waals surface area contributed by atoms with Crippen molar-refractivity contribution in [2.24, 2.45) is 22.9 Å². The van der Waals surface area contributed by atoms with Crippen LogP contribution in [0.15, 0.2) is 60.9 Å². The first-order valence-corrected chi connectivity index (χ1v) is 37.2. The standard InChI is InChI=1S/C68H97N23O20S2/c1-33(92)54-64(107)83-45(26-53(96)97)65(108)91-23-7-14-50(91)63(106)81-42(12-5-21-74-67(71)72)57(100)86-49(32-113)62(105)79-41(13-6-22-75-68(73)111)55(98)82-44(25-35-28-76-39-10-3-2-9-38(35)39)59(102)80-43(19-20-51(70)94)58(101)78-40(56(99)84-46(66(109)110)24-34-15-17-37(93)18-16-34)11-4-8-36-29-90(89-88-36)30-47(60(103)87-54)85-61(104)48(31-112)77-52(95)27-69/h2-3,9-10,15-18,28-29,33,40-50,54,76,92-93,112-113H,4-8,11-14,19-27,30-32,69H2,1H3,(H2,70,94)(H,77,95)(H,78,101)(H,79,105)(H,80,102)(H,81,106)(H,82,98)(H,83,107)(H,84,99)(H,85,104)(H,86,100)(H,87,103)(H,96,97)(H,109,110)(H4,71,72,74)(H3,73,75,111)/t33-,40?,41+,42+,43+,44+,45+,46+,47+,48+,49+,50+,54+/m1/s1. The molecule has 2 bridgehead atoms. The van der Waals surface area contributed by atoms with Crippen LogP contribution in [0.3, 0.4) is 0 Å². The Morgan fingerprint density at radius 1 is 0.690 bits per heavy atom. The smallest absolute Gasteiger partial charge is 0.326 e. The van der Waals surface area contributed by atoms with E-state index >= 15 is 4.79 Å². The quantitative estimate of drug-likeness (QED) is 0.0114. The number of hydrogen-bond acceptors (Lipinski definition) is 24. The van der Waals surface area contributed by atoms with E-state index in [4.69, 9.17) is 28.3 Å². The Balaban J connectivity index is 1.47. The molecular weight excluding hydrogens is 1520 g/mol. The number of nitrogens with one attached hydrogen (secondary N) is 15. The summed E-state index contributed by atoms with van der Waals surface area (Å²) in [5.74, 6) is -18.8. The number of guanidine groups is 1. The molecule has 2 aliphatic heterocycles. The van der Waals surface area contributed by atoms with Crippen molar-refractivity contribution in [1.82, 2.24) is 94.0 Å². The van der Waals surface area contributed by atoms with Crippen LogP contribution >= 0.6 is 25.3 Å². The molecule has 0 spiro atoms. The largest absolute Gasteiger partial charge is 0.508 e. The summed E-state index contributed by atoms with van der Waals surface area (Å²) < 4.78 is 1.04. The Bertz CT molecular complexity index is 4090. The minimum Gasteiger partial charge on any atom is -0.508 e. The third-order valence-corrected chi connectivity index (χ3v) is 18.9. The summed E-state index contributed by atoms with van der Waals surface area (Å²) >= 11 is 8.48. The Morgan fingerprint density at radius 3 is 1.90 bits per heavy atom. The number of primary amides is 2. The number of aliphatic hydroxyl groups excluding tert-OH is 1. The molecule has 43 nitrogen and oxygen atoms in total. The number of H-pyrrole nitrogens is 1. The molecule has 1 saturated heterocycles. The molecule has 27 N–H and O–H groups in total. The number of carbonyl (C=O) groups excluding carboxylic acids is 14. The summed E-state index contributed by atoms with van der Waals surface area (Å²) in [5.41, 5.74) is 23.4. The predicted molar refractivity (Wildman–Crippen MR) is 405 cm³/mol. The molecule has 1 unspecified atom stereocenters. The second kappa shape index (κ2) is 44.2. The average molecular weight is 1620 g/mol. The third kappa shape index (κ3) is 28.4. The lowest BCUT2D eigenvalue weighted by Crippen LogP contribution is -2.62. The Labute approximate surface area is 656 Å². The number of fused-ring (bicyclic) bond motifs is 4. The summed E-state index contributed by atoms with van der Waals surface area (Å²) in [6.07, 6.45) is -3.38. The number of amides is 15. The monoisotopic (exact) mass is 1620 g/mol. The lowest BCUT2D eigenvalue weighted by atomic mass is 10.0. The lowest BCUT2D eigenvalue weighted by molar-refractivity contribution is -0.146. The number of nitrogens with two attached hydrogens (primary N) is 4. The van der Waals surface area contributed by atoms with Crippen LogP contribution in [0, 0.1) is 5.41 Å². The number of thiol groups is 2. The van der Waals surface area contributed by atoms with E-state index in [0.29, 0.717) is 22.0 Å². The molecule has 15 amide bonds. The van der Waals surface area contributed by atoms with Crippen molar-refractivity contribution in [3.8, 4) is 5.75 Å². The number of aromatic amines is 1. The van der Waals surface area contributed by atoms with E-state index in [2.05, 4.69) is 110 Å². The molecule has 1 fully saturated rings. The number of carboxylic acids is 2. The average Bonchev–Trinajstić information content (AvgIpc) is 1.67. The second-order valence-corrected chi connectivity index (χ2v) is 27.5. The number of aromatic hydroxyl groups is 1. The fourth-order valence-corrected chi connectivity index (χ4v) is 12.7. The van der Waals surface area contributed by atoms with Gasteiger partial charge in [0.15, 0.2) is 5.96 Å². The van der Waals surface area contributed by atoms with Gasteiger partial charge >= 0.3 is 18.0 Å². The maximum absolute atomic E-state index is 15.1. The minimum absolute atomic E-state index is 0.00365. The van der Waals surface area contributed by atoms with E-state index in [0.717, 1.165) is 16.5 Å². The first-order valence-electron chi connectivity index (χ1n) is 36.0. The van der Waals surface area contributed by atoms with Crippen LogP contribution in [0.1, 0.15) is 94.4 Å². The van der Waals surface area contributed by atoms with Gasteiger partial charge in [-0.3, -0.25) is 72.5 Å². The second-order valence-electron chi connectivity index (χ2n) is 26.8. The van der Waals surface area contributed by atoms with Crippen molar-refractivity contribution in [3.05, 3.63) is 77.7 Å². The zero-order chi connectivity index (χ0) is 83.2. The number of urea groups is 1. The number of aryl methyl sites for hydroxylation is 1. The number of benzene rings is 2. The summed E-state index contributed by atoms with van der Waals surface area (Å²) in [6.45, 7) is -0.644. The minimum atomic E-state index is -2.07. The molecule has 13 atom stereocenters. The number of phenolic OH excluding ortho intramolecular Hbond substituents is 1. The Kier molecular flexibility index (Phi) is 35.2. The fourth-order valence-electron chi connectivity index (χ4n) is 12.2. The topological polar surface area (TPSA) is 688 Å². The highest BCUT2D eigenvalue weighted by Crippen LogP contribution is 2.23. The van der Waals surface area contributed by atoms with Crippen LogP contribution in [-0.2, 0) is 97.7 Å². The van der Waals surface area contributed by atoms with E-state index in [1.807, 2.05) is 0 Å². The summed E-state index contributed by atoms with van der Waals surface area (Å²) in [7, 11) is 0. The number of hydrogen-bond donors (Lipinski definition) is 25. The number of carbonyl (C=O) groups is 16. The van der Waals surface area contributed by atoms with Crippen molar-refractivity contribution in [3.63, 3.8) is 0 Å². The Morgan fingerprint density at radius 2 is 1.29 bits per heavy atom. The molecule has 6 rings (SSSR count). The molecule has 45 heteroatoms. The third-order valence-electron chi connectivity index (χ3n) is 18.1. The maximum Gasteiger partial charge on any atom is 0.326 e. The molecule has 113 heavy (non-hydrogen) atoms. The van der Waals surface area contributed by atoms with Crippen LogP contribution in [0.5, 0.6) is 5.75 Å². The van der Waals surface area contributed by atoms with Crippen LogP contribution < -0.4 is 92.1 Å². The lowest BCUT2D eigenvalue weighted by Gasteiger charge is -2.31. The van der Waals surface area contributed by atoms with Crippen LogP contribution in [0.2, 0.25) is 0 Å². The number of aromatic nitrogens is 4. The normalized spacial score (nSPS) is 22.5. The molecule has 2 aromatic heterocycles. The summed E-state index contributed by atoms with van der Waals surface area (Å²) in [6, 6.07) is -9.47. The number of rotatable bonds is 27. The molecule has 0 aliphatic carbocycles. The number of aliphatic hydroxyl groups is 1. The van der Waals surface area contributed by atoms with Crippen LogP contribution in [0.25, 0.3) is 10.9 Å². The van der Waals surface area contributed by atoms with Gasteiger partial charge in [0.05, 0.1) is 31.3 Å². The first-order chi connectivity index (χ1) is 53.7. The van der Waals surface area contributed by atoms with Gasteiger partial charge in [0.2, 0.25) is 76.8 Å². The fraction of sp³-hybridized carbons (Fsp3) is 0.515. The Hall–Kier alpha value is -11.9. The van der Waals surface area contributed by atoms with Crippen molar-refractivity contribution in [2.45, 2.75) is 182 Å². The van der Waals surface area contributed by atoms with Crippen molar-refractivity contribution in [2.75, 3.05) is 37.7 Å². The van der Waals surface area contributed by atoms with E-state index in [1.165, 1.54) is 36.7 Å². The van der Waals surface area contributed by atoms with Crippen molar-refractivity contribution < 1.29 is 97.1 Å². The molecular formula is C68H97N23O20S2. The van der Waals surface area contributed by atoms with Gasteiger partial charge in [-0.2, -0.15) is 25.3 Å². The SMILES string of the molecule is C[C@@H](O)[C@@H]1NC(=O)[C@@H](NC(=O)[C@H](CS)NC(=O)CN)Cn2cc(nn2)CCCC(C(=O)N[C@@H](Cc2ccc(O)cc2)C(=O)O)NC(=O)[C@H](CCC(N)=O)NC(=O)[C@H](Cc2c[nH]c3ccccc23)NC(=O)[C@H](CCCNC(N)=O)NC(=O)[C@H](CS)NC(=O)[C@H](CCCNC(=N)N)NC(=O)[C@@H]2CCCN2C(=O)[C@H](CC(=O)O)NC1=O. The number of phenols is 1. The highest BCUT2D eigenvalue weighted by Gasteiger charge is 2.43. The van der Waals surface area contributed by atoms with Gasteiger partial charge in [0.1, 0.15) is 78.3 Å². The highest BCUT2D eigenvalue weighted by molar-refractivity contribution is 7.80. The number of para-hydroxylation sites is 1. The van der Waals surface area contributed by atoms with Gasteiger partial charge in [0.25, 0.3) is 0 Å². The zero-order valence-corrected chi connectivity index (χ0v) is 63.2. The number of aliphatic carboxylic acids is 2. The first kappa shape index (κ1) is 90.0. The van der Waals surface area contributed by atoms with Crippen LogP contribution in [0.4, 0.5) is 4.79 Å². The predicted octanol–water partition coefficient (Wildman–Crippen LogP) is -7.65. The van der Waals surface area contributed by atoms with Gasteiger partial charge in [-0.15, -0.1) is 5.10 Å². The molecule has 4 aromatic rings. The summed E-state index contributed by atoms with van der Waals surface area (Å²) in [5, 5.41) is 90.1. The van der Waals surface area contributed by atoms with Gasteiger partial charge in [0, 0.05) is 73.7 Å². The summed E-state index contributed by atoms with van der Waals surface area (Å²) in [4.78, 5) is 227. The maximum atomic E-state index is 15.1. The van der Waals surface area contributed by atoms with E-state index in [-0.39, 0.29) is 107 Å².